The third-order valence-corrected chi connectivity index (χ3v) is 5.17. The van der Waals surface area contributed by atoms with Crippen molar-refractivity contribution in [3.63, 3.8) is 0 Å². The van der Waals surface area contributed by atoms with Gasteiger partial charge in [0.2, 0.25) is 0 Å². The highest BCUT2D eigenvalue weighted by Crippen LogP contribution is 2.36. The van der Waals surface area contributed by atoms with E-state index >= 15 is 0 Å². The van der Waals surface area contributed by atoms with E-state index in [1.807, 2.05) is 81.7 Å². The van der Waals surface area contributed by atoms with E-state index in [0.717, 1.165) is 38.2 Å². The second kappa shape index (κ2) is 9.19. The molecule has 0 aliphatic heterocycles. The van der Waals surface area contributed by atoms with Crippen molar-refractivity contribution in [2.45, 2.75) is 33.1 Å². The Bertz CT molecular complexity index is 1260. The fourth-order valence-electron chi connectivity index (χ4n) is 3.71. The topological polar surface area (TPSA) is 74.0 Å². The number of aliphatic carboxylic acids is 1. The van der Waals surface area contributed by atoms with Crippen LogP contribution in [-0.4, -0.2) is 16.1 Å². The molecule has 0 bridgehead atoms. The van der Waals surface area contributed by atoms with Gasteiger partial charge in [0.25, 0.3) is 0 Å². The number of nitrogens with zero attached hydrogens (tertiary/aromatic N) is 2. The van der Waals surface area contributed by atoms with E-state index in [-0.39, 0.29) is 12.3 Å². The van der Waals surface area contributed by atoms with Crippen LogP contribution >= 0.6 is 0 Å². The molecule has 0 aliphatic rings. The molecule has 0 aliphatic carbocycles. The van der Waals surface area contributed by atoms with Gasteiger partial charge in [0, 0.05) is 28.7 Å². The minimum Gasteiger partial charge on any atom is -0.481 e. The Kier molecular flexibility index (Phi) is 6.44. The Morgan fingerprint density at radius 2 is 1.73 bits per heavy atom. The summed E-state index contributed by atoms with van der Waals surface area (Å²) in [6.07, 6.45) is 3.74. The van der Waals surface area contributed by atoms with Gasteiger partial charge >= 0.3 is 5.97 Å². The van der Waals surface area contributed by atoms with Crippen LogP contribution in [-0.2, 0) is 4.79 Å². The number of nitriles is 1. The average molecular weight is 396 g/mol. The van der Waals surface area contributed by atoms with Crippen LogP contribution in [0.2, 0.25) is 0 Å². The van der Waals surface area contributed by atoms with Crippen molar-refractivity contribution in [3.05, 3.63) is 78.1 Å². The number of pyridine rings is 1. The molecule has 4 nitrogen and oxygen atoms in total. The molecule has 0 amide bonds. The number of carboxylic acids is 1. The molecule has 1 heterocycles. The molecule has 4 rings (SSSR count). The molecule has 4 aromatic rings. The van der Waals surface area contributed by atoms with Crippen molar-refractivity contribution in [3.8, 4) is 17.2 Å². The highest BCUT2D eigenvalue weighted by molar-refractivity contribution is 6.06. The third kappa shape index (κ3) is 4.01. The number of rotatable bonds is 4. The van der Waals surface area contributed by atoms with Gasteiger partial charge in [0.1, 0.15) is 0 Å². The van der Waals surface area contributed by atoms with Crippen LogP contribution in [0.25, 0.3) is 32.7 Å². The lowest BCUT2D eigenvalue weighted by Crippen LogP contribution is -2.02. The van der Waals surface area contributed by atoms with E-state index < -0.39 is 5.97 Å². The second-order valence-corrected chi connectivity index (χ2v) is 6.98. The summed E-state index contributed by atoms with van der Waals surface area (Å²) < 4.78 is 0. The van der Waals surface area contributed by atoms with E-state index in [0.29, 0.717) is 5.56 Å². The van der Waals surface area contributed by atoms with E-state index in [1.54, 1.807) is 0 Å². The number of fused-ring (bicyclic) bond motifs is 2. The highest BCUT2D eigenvalue weighted by Gasteiger charge is 2.14. The molecular weight excluding hydrogens is 372 g/mol. The summed E-state index contributed by atoms with van der Waals surface area (Å²) >= 11 is 0. The molecule has 1 unspecified atom stereocenters. The van der Waals surface area contributed by atoms with Gasteiger partial charge in [-0.3, -0.25) is 9.78 Å². The number of hydrogen-bond donors (Lipinski definition) is 1. The normalized spacial score (nSPS) is 11.4. The minimum atomic E-state index is -0.805. The zero-order valence-electron chi connectivity index (χ0n) is 17.4. The zero-order chi connectivity index (χ0) is 21.7. The van der Waals surface area contributed by atoms with Crippen molar-refractivity contribution in [1.82, 2.24) is 4.98 Å². The molecule has 0 spiro atoms. The largest absolute Gasteiger partial charge is 0.481 e. The molecule has 4 heteroatoms. The molecule has 0 radical (unpaired) electrons. The number of carboxylic acid groups (broad SMARTS) is 1. The van der Waals surface area contributed by atoms with Gasteiger partial charge in [-0.1, -0.05) is 69.3 Å². The summed E-state index contributed by atoms with van der Waals surface area (Å²) in [6, 6.07) is 19.9. The van der Waals surface area contributed by atoms with Crippen LogP contribution in [0.15, 0.2) is 67.0 Å². The van der Waals surface area contributed by atoms with Crippen LogP contribution in [0.1, 0.15) is 44.2 Å². The summed E-state index contributed by atoms with van der Waals surface area (Å²) in [5, 5.41) is 22.5. The lowest BCUT2D eigenvalue weighted by atomic mass is 9.90. The summed E-state index contributed by atoms with van der Waals surface area (Å²) in [4.78, 5) is 15.5. The van der Waals surface area contributed by atoms with Gasteiger partial charge in [-0.05, 0) is 33.9 Å². The quantitative estimate of drug-likeness (QED) is 0.425. The predicted molar refractivity (Wildman–Crippen MR) is 121 cm³/mol. The number of hydrogen-bond acceptors (Lipinski definition) is 3. The predicted octanol–water partition coefficient (Wildman–Crippen LogP) is 6.53. The van der Waals surface area contributed by atoms with Crippen LogP contribution < -0.4 is 0 Å². The van der Waals surface area contributed by atoms with Gasteiger partial charge in [-0.25, -0.2) is 0 Å². The van der Waals surface area contributed by atoms with Crippen molar-refractivity contribution in [2.75, 3.05) is 0 Å². The van der Waals surface area contributed by atoms with Crippen molar-refractivity contribution >= 4 is 27.5 Å². The van der Waals surface area contributed by atoms with E-state index in [1.165, 1.54) is 0 Å². The molecule has 1 N–H and O–H groups in total. The average Bonchev–Trinajstić information content (AvgIpc) is 2.78. The highest BCUT2D eigenvalue weighted by atomic mass is 16.4. The van der Waals surface area contributed by atoms with Crippen molar-refractivity contribution in [2.24, 2.45) is 0 Å². The molecule has 0 saturated carbocycles. The van der Waals surface area contributed by atoms with Gasteiger partial charge in [0.05, 0.1) is 18.1 Å². The standard InChI is InChI=1S/C24H18N2O2.C2H6/c1-15(10-24(27)28)16-6-7-18-13-26-14-23(22(18)11-16)21-9-8-17(12-25)19-4-2-3-5-20(19)21;1-2/h2-9,11,13-15H,10H2,1H3,(H,27,28);1-2H3. The summed E-state index contributed by atoms with van der Waals surface area (Å²) in [6.45, 7) is 5.92. The molecule has 3 aromatic carbocycles. The fraction of sp³-hybridized carbons (Fsp3) is 0.192. The van der Waals surface area contributed by atoms with Gasteiger partial charge in [-0.2, -0.15) is 5.26 Å². The Morgan fingerprint density at radius 1 is 1.00 bits per heavy atom. The Labute approximate surface area is 176 Å². The maximum Gasteiger partial charge on any atom is 0.303 e. The van der Waals surface area contributed by atoms with Gasteiger partial charge < -0.3 is 5.11 Å². The molecular formula is C26H24N2O2. The van der Waals surface area contributed by atoms with Crippen molar-refractivity contribution in [1.29, 1.82) is 5.26 Å². The molecule has 30 heavy (non-hydrogen) atoms. The maximum absolute atomic E-state index is 11.1. The zero-order valence-corrected chi connectivity index (χ0v) is 17.4. The monoisotopic (exact) mass is 396 g/mol. The van der Waals surface area contributed by atoms with Gasteiger partial charge in [0.15, 0.2) is 0 Å². The number of aromatic nitrogens is 1. The SMILES string of the molecule is CC.CC(CC(=O)O)c1ccc2cncc(-c3ccc(C#N)c4ccccc34)c2c1. The Morgan fingerprint density at radius 3 is 2.43 bits per heavy atom. The summed E-state index contributed by atoms with van der Waals surface area (Å²) in [5.41, 5.74) is 3.61. The first-order valence-corrected chi connectivity index (χ1v) is 10.1. The lowest BCUT2D eigenvalue weighted by Gasteiger charge is -2.14. The fourth-order valence-corrected chi connectivity index (χ4v) is 3.71. The van der Waals surface area contributed by atoms with Crippen molar-refractivity contribution < 1.29 is 9.90 Å². The van der Waals surface area contributed by atoms with Gasteiger partial charge in [-0.15, -0.1) is 0 Å². The first kappa shape index (κ1) is 21.0. The van der Waals surface area contributed by atoms with Crippen LogP contribution in [0, 0.1) is 11.3 Å². The summed E-state index contributed by atoms with van der Waals surface area (Å²) in [7, 11) is 0. The summed E-state index contributed by atoms with van der Waals surface area (Å²) in [5.74, 6) is -0.888. The Hall–Kier alpha value is -3.71. The maximum atomic E-state index is 11.1. The van der Waals surface area contributed by atoms with E-state index in [9.17, 15) is 10.1 Å². The van der Waals surface area contributed by atoms with E-state index in [4.69, 9.17) is 5.11 Å². The molecule has 150 valence electrons. The first-order chi connectivity index (χ1) is 14.6. The molecule has 1 atom stereocenters. The third-order valence-electron chi connectivity index (χ3n) is 5.17. The smallest absolute Gasteiger partial charge is 0.303 e. The molecule has 1 aromatic heterocycles. The number of carbonyl (C=O) groups is 1. The van der Waals surface area contributed by atoms with Crippen LogP contribution in [0.4, 0.5) is 0 Å². The lowest BCUT2D eigenvalue weighted by molar-refractivity contribution is -0.137. The minimum absolute atomic E-state index is 0.0828. The molecule has 0 saturated heterocycles. The second-order valence-electron chi connectivity index (χ2n) is 6.98. The van der Waals surface area contributed by atoms with Crippen LogP contribution in [0.3, 0.4) is 0 Å². The van der Waals surface area contributed by atoms with Crippen LogP contribution in [0.5, 0.6) is 0 Å². The van der Waals surface area contributed by atoms with E-state index in [2.05, 4.69) is 17.1 Å². The first-order valence-electron chi connectivity index (χ1n) is 10.1. The Balaban J connectivity index is 0.00000124. The number of benzene rings is 3. The molecule has 0 fully saturated rings.